The second kappa shape index (κ2) is 4.77. The average molecular weight is 187 g/mol. The van der Waals surface area contributed by atoms with E-state index in [1.54, 1.807) is 18.2 Å². The first-order chi connectivity index (χ1) is 6.74. The Bertz CT molecular complexity index is 390. The third-order valence-corrected chi connectivity index (χ3v) is 1.51. The predicted octanol–water partition coefficient (Wildman–Crippen LogP) is 1.57. The first kappa shape index (κ1) is 9.93. The van der Waals surface area contributed by atoms with Crippen molar-refractivity contribution >= 4 is 17.2 Å². The fourth-order valence-electron chi connectivity index (χ4n) is 0.816. The van der Waals surface area contributed by atoms with Crippen LogP contribution < -0.4 is 5.43 Å². The molecule has 0 atom stereocenters. The van der Waals surface area contributed by atoms with Crippen molar-refractivity contribution in [2.75, 3.05) is 5.43 Å². The lowest BCUT2D eigenvalue weighted by Gasteiger charge is -1.98. The van der Waals surface area contributed by atoms with Crippen molar-refractivity contribution < 1.29 is 4.79 Å². The Morgan fingerprint density at radius 1 is 1.43 bits per heavy atom. The number of hydrogen-bond acceptors (Lipinski definition) is 4. The zero-order valence-corrected chi connectivity index (χ0v) is 7.69. The number of carbonyl (C=O) groups excluding carboxylic acids is 1. The summed E-state index contributed by atoms with van der Waals surface area (Å²) in [6.07, 6.45) is 0. The fraction of sp³-hybridized carbons (Fsp3) is 0.100. The number of nitrogens with zero attached hydrogens (tertiary/aromatic N) is 2. The maximum absolute atomic E-state index is 10.8. The minimum atomic E-state index is -0.351. The average Bonchev–Trinajstić information content (AvgIpc) is 2.20. The monoisotopic (exact) mass is 187 g/mol. The summed E-state index contributed by atoms with van der Waals surface area (Å²) >= 11 is 0. The molecule has 0 aliphatic rings. The Morgan fingerprint density at radius 2 is 2.07 bits per heavy atom. The molecule has 1 aromatic rings. The van der Waals surface area contributed by atoms with E-state index in [0.29, 0.717) is 0 Å². The van der Waals surface area contributed by atoms with Gasteiger partial charge in [0.25, 0.3) is 0 Å². The number of para-hydroxylation sites is 1. The van der Waals surface area contributed by atoms with Crippen LogP contribution in [-0.2, 0) is 4.79 Å². The van der Waals surface area contributed by atoms with Gasteiger partial charge in [-0.1, -0.05) is 18.2 Å². The van der Waals surface area contributed by atoms with Gasteiger partial charge in [-0.3, -0.25) is 10.2 Å². The van der Waals surface area contributed by atoms with Crippen molar-refractivity contribution in [2.45, 2.75) is 6.92 Å². The summed E-state index contributed by atoms with van der Waals surface area (Å²) in [7, 11) is 0. The third-order valence-electron chi connectivity index (χ3n) is 1.51. The molecule has 4 heteroatoms. The van der Waals surface area contributed by atoms with Gasteiger partial charge in [-0.15, -0.1) is 0 Å². The molecule has 0 aliphatic carbocycles. The number of hydrogen-bond donors (Lipinski definition) is 1. The molecule has 0 aromatic heterocycles. The van der Waals surface area contributed by atoms with Gasteiger partial charge in [0.05, 0.1) is 5.69 Å². The van der Waals surface area contributed by atoms with E-state index < -0.39 is 0 Å². The lowest BCUT2D eigenvalue weighted by atomic mass is 10.3. The van der Waals surface area contributed by atoms with Gasteiger partial charge in [0.15, 0.2) is 5.78 Å². The van der Waals surface area contributed by atoms with Crippen LogP contribution in [-0.4, -0.2) is 11.5 Å². The highest BCUT2D eigenvalue weighted by Gasteiger charge is 2.02. The number of hydrazone groups is 1. The summed E-state index contributed by atoms with van der Waals surface area (Å²) in [6.45, 7) is 1.30. The Hall–Kier alpha value is -2.15. The molecule has 0 spiro atoms. The molecule has 0 saturated carbocycles. The maximum Gasteiger partial charge on any atom is 0.203 e. The number of nitriles is 1. The van der Waals surface area contributed by atoms with Gasteiger partial charge < -0.3 is 0 Å². The molecule has 0 fully saturated rings. The van der Waals surface area contributed by atoms with E-state index in [-0.39, 0.29) is 11.5 Å². The largest absolute Gasteiger partial charge is 0.292 e. The highest BCUT2D eigenvalue weighted by atomic mass is 16.1. The molecule has 0 saturated heterocycles. The molecule has 1 N–H and O–H groups in total. The minimum absolute atomic E-state index is 0.131. The fourth-order valence-corrected chi connectivity index (χ4v) is 0.816. The van der Waals surface area contributed by atoms with E-state index in [0.717, 1.165) is 5.69 Å². The van der Waals surface area contributed by atoms with Crippen LogP contribution in [0.2, 0.25) is 0 Å². The van der Waals surface area contributed by atoms with Gasteiger partial charge in [0.1, 0.15) is 6.07 Å². The highest BCUT2D eigenvalue weighted by Crippen LogP contribution is 2.04. The Morgan fingerprint density at radius 3 is 2.57 bits per heavy atom. The third kappa shape index (κ3) is 2.72. The topological polar surface area (TPSA) is 65.2 Å². The Labute approximate surface area is 81.9 Å². The van der Waals surface area contributed by atoms with Gasteiger partial charge in [-0.2, -0.15) is 10.4 Å². The lowest BCUT2D eigenvalue weighted by molar-refractivity contribution is -0.110. The zero-order chi connectivity index (χ0) is 10.4. The summed E-state index contributed by atoms with van der Waals surface area (Å²) in [6, 6.07) is 10.8. The van der Waals surface area contributed by atoms with Crippen LogP contribution in [0, 0.1) is 11.3 Å². The first-order valence-electron chi connectivity index (χ1n) is 4.04. The van der Waals surface area contributed by atoms with Crippen molar-refractivity contribution in [2.24, 2.45) is 5.10 Å². The number of Topliss-reactive ketones (excluding diaryl/α,β-unsaturated/α-hetero) is 1. The molecule has 0 bridgehead atoms. The van der Waals surface area contributed by atoms with Crippen molar-refractivity contribution in [1.82, 2.24) is 0 Å². The molecule has 0 aliphatic heterocycles. The molecule has 70 valence electrons. The standard InChI is InChI=1S/C10H9N3O/c1-8(14)10(7-11)13-12-9-5-3-2-4-6-9/h2-6,12H,1H3/b13-10+. The van der Waals surface area contributed by atoms with Crippen LogP contribution in [0.15, 0.2) is 35.4 Å². The zero-order valence-electron chi connectivity index (χ0n) is 7.69. The predicted molar refractivity (Wildman–Crippen MR) is 53.8 cm³/mol. The number of carbonyl (C=O) groups is 1. The van der Waals surface area contributed by atoms with Crippen molar-refractivity contribution in [1.29, 1.82) is 5.26 Å². The Kier molecular flexibility index (Phi) is 3.39. The van der Waals surface area contributed by atoms with Gasteiger partial charge in [-0.05, 0) is 12.1 Å². The quantitative estimate of drug-likeness (QED) is 0.577. The lowest BCUT2D eigenvalue weighted by Crippen LogP contribution is -2.09. The number of anilines is 1. The van der Waals surface area contributed by atoms with Gasteiger partial charge in [0.2, 0.25) is 5.71 Å². The molecule has 0 radical (unpaired) electrons. The number of nitrogens with one attached hydrogen (secondary N) is 1. The summed E-state index contributed by atoms with van der Waals surface area (Å²) in [5.41, 5.74) is 3.23. The van der Waals surface area contributed by atoms with Crippen molar-refractivity contribution in [3.8, 4) is 6.07 Å². The van der Waals surface area contributed by atoms with Crippen LogP contribution in [0.3, 0.4) is 0 Å². The molecule has 0 amide bonds. The van der Waals surface area contributed by atoms with Crippen molar-refractivity contribution in [3.63, 3.8) is 0 Å². The van der Waals surface area contributed by atoms with E-state index >= 15 is 0 Å². The smallest absolute Gasteiger partial charge is 0.203 e. The normalized spacial score (nSPS) is 10.4. The summed E-state index contributed by atoms with van der Waals surface area (Å²) < 4.78 is 0. The van der Waals surface area contributed by atoms with E-state index in [2.05, 4.69) is 10.5 Å². The Balaban J connectivity index is 2.73. The highest BCUT2D eigenvalue weighted by molar-refractivity contribution is 6.45. The molecule has 0 unspecified atom stereocenters. The second-order valence-corrected chi connectivity index (χ2v) is 2.61. The molecule has 0 heterocycles. The molecule has 1 aromatic carbocycles. The molecule has 4 nitrogen and oxygen atoms in total. The van der Waals surface area contributed by atoms with Gasteiger partial charge in [-0.25, -0.2) is 0 Å². The van der Waals surface area contributed by atoms with E-state index in [1.807, 2.05) is 18.2 Å². The second-order valence-electron chi connectivity index (χ2n) is 2.61. The molecular formula is C10H9N3O. The maximum atomic E-state index is 10.8. The van der Waals surface area contributed by atoms with E-state index in [9.17, 15) is 4.79 Å². The van der Waals surface area contributed by atoms with Crippen LogP contribution in [0.25, 0.3) is 0 Å². The SMILES string of the molecule is CC(=O)/C(C#N)=N/Nc1ccccc1. The number of rotatable bonds is 3. The van der Waals surface area contributed by atoms with Crippen molar-refractivity contribution in [3.05, 3.63) is 30.3 Å². The van der Waals surface area contributed by atoms with Gasteiger partial charge in [0, 0.05) is 6.92 Å². The van der Waals surface area contributed by atoms with Crippen LogP contribution >= 0.6 is 0 Å². The number of benzene rings is 1. The molecule has 1 rings (SSSR count). The molecular weight excluding hydrogens is 178 g/mol. The summed E-state index contributed by atoms with van der Waals surface area (Å²) in [4.78, 5) is 10.8. The number of ketones is 1. The van der Waals surface area contributed by atoms with Crippen LogP contribution in [0.4, 0.5) is 5.69 Å². The molecule has 14 heavy (non-hydrogen) atoms. The van der Waals surface area contributed by atoms with E-state index in [4.69, 9.17) is 5.26 Å². The minimum Gasteiger partial charge on any atom is -0.292 e. The summed E-state index contributed by atoms with van der Waals surface area (Å²) in [5, 5.41) is 12.2. The first-order valence-corrected chi connectivity index (χ1v) is 4.04. The van der Waals surface area contributed by atoms with Crippen LogP contribution in [0.1, 0.15) is 6.92 Å². The van der Waals surface area contributed by atoms with Gasteiger partial charge >= 0.3 is 0 Å². The van der Waals surface area contributed by atoms with E-state index in [1.165, 1.54) is 6.92 Å². The summed E-state index contributed by atoms with van der Waals surface area (Å²) in [5.74, 6) is -0.351. The van der Waals surface area contributed by atoms with Crippen LogP contribution in [0.5, 0.6) is 0 Å².